The van der Waals surface area contributed by atoms with Gasteiger partial charge in [0.2, 0.25) is 15.9 Å². The van der Waals surface area contributed by atoms with Gasteiger partial charge in [-0.3, -0.25) is 4.79 Å². The fourth-order valence-electron chi connectivity index (χ4n) is 1.64. The molecule has 1 heterocycles. The van der Waals surface area contributed by atoms with Gasteiger partial charge in [0.05, 0.1) is 24.9 Å². The van der Waals surface area contributed by atoms with Crippen molar-refractivity contribution in [2.45, 2.75) is 6.04 Å². The summed E-state index contributed by atoms with van der Waals surface area (Å²) in [6.45, 7) is 0.981. The Hall–Kier alpha value is -0.700. The van der Waals surface area contributed by atoms with Gasteiger partial charge in [-0.1, -0.05) is 0 Å². The van der Waals surface area contributed by atoms with Crippen molar-refractivity contribution in [1.29, 1.82) is 0 Å². The van der Waals surface area contributed by atoms with Crippen molar-refractivity contribution in [3.05, 3.63) is 0 Å². The summed E-state index contributed by atoms with van der Waals surface area (Å²) in [7, 11) is -0.154. The second-order valence-corrected chi connectivity index (χ2v) is 5.90. The third-order valence-corrected chi connectivity index (χ3v) is 4.13. The fraction of sp³-hybridized carbons (Fsp3) is 0.889. The highest BCUT2D eigenvalue weighted by Gasteiger charge is 2.32. The molecule has 1 aliphatic rings. The number of likely N-dealkylation sites (N-methyl/N-ethyl adjacent to an activating group) is 1. The van der Waals surface area contributed by atoms with Gasteiger partial charge in [0, 0.05) is 12.6 Å². The van der Waals surface area contributed by atoms with Gasteiger partial charge in [-0.25, -0.2) is 13.1 Å². The fourth-order valence-corrected chi connectivity index (χ4v) is 2.21. The average molecular weight is 265 g/mol. The van der Waals surface area contributed by atoms with E-state index in [1.807, 2.05) is 0 Å². The zero-order valence-corrected chi connectivity index (χ0v) is 10.8. The number of hydrogen-bond donors (Lipinski definition) is 3. The second-order valence-electron chi connectivity index (χ2n) is 3.85. The van der Waals surface area contributed by atoms with Gasteiger partial charge < -0.3 is 15.4 Å². The first-order chi connectivity index (χ1) is 8.00. The van der Waals surface area contributed by atoms with Crippen LogP contribution in [0.5, 0.6) is 0 Å². The smallest absolute Gasteiger partial charge is 0.227 e. The molecule has 2 atom stereocenters. The molecule has 0 aromatic heterocycles. The first kappa shape index (κ1) is 14.4. The summed E-state index contributed by atoms with van der Waals surface area (Å²) in [4.78, 5) is 11.7. The lowest BCUT2D eigenvalue weighted by molar-refractivity contribution is -0.125. The van der Waals surface area contributed by atoms with Crippen LogP contribution in [-0.2, 0) is 19.6 Å². The van der Waals surface area contributed by atoms with E-state index in [4.69, 9.17) is 4.74 Å². The maximum atomic E-state index is 11.7. The average Bonchev–Trinajstić information content (AvgIpc) is 2.76. The van der Waals surface area contributed by atoms with Gasteiger partial charge in [0.25, 0.3) is 0 Å². The van der Waals surface area contributed by atoms with Gasteiger partial charge in [0.1, 0.15) is 0 Å². The molecule has 3 N–H and O–H groups in total. The number of carbonyl (C=O) groups is 1. The van der Waals surface area contributed by atoms with Crippen LogP contribution in [0.15, 0.2) is 0 Å². The third kappa shape index (κ3) is 4.23. The Morgan fingerprint density at radius 1 is 1.35 bits per heavy atom. The van der Waals surface area contributed by atoms with Crippen molar-refractivity contribution in [3.8, 4) is 0 Å². The molecule has 0 aliphatic carbocycles. The van der Waals surface area contributed by atoms with Crippen molar-refractivity contribution >= 4 is 15.9 Å². The lowest BCUT2D eigenvalue weighted by atomic mass is 10.0. The summed E-state index contributed by atoms with van der Waals surface area (Å²) in [6, 6.07) is -0.00379. The number of carbonyl (C=O) groups excluding carboxylic acids is 1. The van der Waals surface area contributed by atoms with Crippen LogP contribution in [-0.4, -0.2) is 60.0 Å². The Balaban J connectivity index is 2.35. The molecule has 0 radical (unpaired) electrons. The van der Waals surface area contributed by atoms with E-state index in [2.05, 4.69) is 15.4 Å². The summed E-state index contributed by atoms with van der Waals surface area (Å²) in [5, 5.41) is 5.60. The van der Waals surface area contributed by atoms with E-state index in [1.165, 1.54) is 7.05 Å². The summed E-state index contributed by atoms with van der Waals surface area (Å²) < 4.78 is 29.6. The predicted molar refractivity (Wildman–Crippen MR) is 63.0 cm³/mol. The van der Waals surface area contributed by atoms with E-state index in [0.29, 0.717) is 13.2 Å². The highest BCUT2D eigenvalue weighted by atomic mass is 32.2. The van der Waals surface area contributed by atoms with Crippen LogP contribution in [0.2, 0.25) is 0 Å². The van der Waals surface area contributed by atoms with E-state index in [9.17, 15) is 13.2 Å². The van der Waals surface area contributed by atoms with E-state index in [0.717, 1.165) is 0 Å². The van der Waals surface area contributed by atoms with Crippen molar-refractivity contribution in [3.63, 3.8) is 0 Å². The third-order valence-electron chi connectivity index (χ3n) is 2.77. The first-order valence-electron chi connectivity index (χ1n) is 5.44. The molecule has 0 spiro atoms. The van der Waals surface area contributed by atoms with Crippen molar-refractivity contribution in [2.24, 2.45) is 5.92 Å². The molecular weight excluding hydrogens is 246 g/mol. The topological polar surface area (TPSA) is 96.5 Å². The Bertz CT molecular complexity index is 357. The first-order valence-corrected chi connectivity index (χ1v) is 7.09. The predicted octanol–water partition coefficient (Wildman–Crippen LogP) is -2.11. The Kier molecular flexibility index (Phi) is 5.31. The quantitative estimate of drug-likeness (QED) is 0.510. The molecule has 17 heavy (non-hydrogen) atoms. The number of nitrogens with one attached hydrogen (secondary N) is 3. The second kappa shape index (κ2) is 6.29. The molecule has 0 aromatic carbocycles. The Labute approximate surface area is 101 Å². The number of amides is 1. The molecule has 1 amide bonds. The van der Waals surface area contributed by atoms with Gasteiger partial charge >= 0.3 is 0 Å². The van der Waals surface area contributed by atoms with E-state index in [-0.39, 0.29) is 30.2 Å². The lowest BCUT2D eigenvalue weighted by Crippen LogP contribution is -2.44. The summed E-state index contributed by atoms with van der Waals surface area (Å²) in [6.07, 6.45) is 0. The highest BCUT2D eigenvalue weighted by molar-refractivity contribution is 7.89. The minimum atomic E-state index is -3.27. The molecule has 0 aromatic rings. The largest absolute Gasteiger partial charge is 0.379 e. The lowest BCUT2D eigenvalue weighted by Gasteiger charge is -2.16. The molecule has 1 saturated heterocycles. The normalized spacial score (nSPS) is 24.8. The molecule has 0 bridgehead atoms. The van der Waals surface area contributed by atoms with Crippen LogP contribution >= 0.6 is 0 Å². The highest BCUT2D eigenvalue weighted by Crippen LogP contribution is 2.13. The van der Waals surface area contributed by atoms with E-state index >= 15 is 0 Å². The Morgan fingerprint density at radius 3 is 2.65 bits per heavy atom. The number of hydrogen-bond acceptors (Lipinski definition) is 5. The van der Waals surface area contributed by atoms with Crippen molar-refractivity contribution < 1.29 is 17.9 Å². The van der Waals surface area contributed by atoms with Crippen LogP contribution < -0.4 is 15.4 Å². The minimum absolute atomic E-state index is 0.00379. The van der Waals surface area contributed by atoms with Gasteiger partial charge in [0.15, 0.2) is 0 Å². The summed E-state index contributed by atoms with van der Waals surface area (Å²) >= 11 is 0. The SMILES string of the molecule is CNC1COCC1C(=O)NCCS(=O)(=O)NC. The summed E-state index contributed by atoms with van der Waals surface area (Å²) in [5.41, 5.74) is 0. The van der Waals surface area contributed by atoms with Crippen LogP contribution in [0.25, 0.3) is 0 Å². The zero-order chi connectivity index (χ0) is 12.9. The van der Waals surface area contributed by atoms with Gasteiger partial charge in [-0.2, -0.15) is 0 Å². The monoisotopic (exact) mass is 265 g/mol. The van der Waals surface area contributed by atoms with Gasteiger partial charge in [-0.15, -0.1) is 0 Å². The maximum Gasteiger partial charge on any atom is 0.227 e. The van der Waals surface area contributed by atoms with Crippen molar-refractivity contribution in [1.82, 2.24) is 15.4 Å². The minimum Gasteiger partial charge on any atom is -0.379 e. The number of rotatable bonds is 6. The molecule has 100 valence electrons. The van der Waals surface area contributed by atoms with E-state index in [1.54, 1.807) is 7.05 Å². The van der Waals surface area contributed by atoms with Crippen LogP contribution in [0.4, 0.5) is 0 Å². The van der Waals surface area contributed by atoms with Crippen LogP contribution in [0.3, 0.4) is 0 Å². The molecule has 8 heteroatoms. The molecule has 1 aliphatic heterocycles. The number of sulfonamides is 1. The maximum absolute atomic E-state index is 11.7. The van der Waals surface area contributed by atoms with E-state index < -0.39 is 10.0 Å². The standard InChI is InChI=1S/C9H19N3O4S/c1-10-8-6-16-5-7(8)9(13)12-3-4-17(14,15)11-2/h7-8,10-11H,3-6H2,1-2H3,(H,12,13). The Morgan fingerprint density at radius 2 is 2.06 bits per heavy atom. The molecule has 2 unspecified atom stereocenters. The molecule has 1 fully saturated rings. The zero-order valence-electron chi connectivity index (χ0n) is 10.0. The summed E-state index contributed by atoms with van der Waals surface area (Å²) in [5.74, 6) is -0.544. The molecule has 0 saturated carbocycles. The molecule has 7 nitrogen and oxygen atoms in total. The van der Waals surface area contributed by atoms with Gasteiger partial charge in [-0.05, 0) is 14.1 Å². The molecule has 1 rings (SSSR count). The number of ether oxygens (including phenoxy) is 1. The van der Waals surface area contributed by atoms with Crippen LogP contribution in [0.1, 0.15) is 0 Å². The molecular formula is C9H19N3O4S. The van der Waals surface area contributed by atoms with Crippen molar-refractivity contribution in [2.75, 3.05) is 39.6 Å². The van der Waals surface area contributed by atoms with Crippen LogP contribution in [0, 0.1) is 5.92 Å².